The third kappa shape index (κ3) is 5.54. The molecule has 2 aromatic carbocycles. The van der Waals surface area contributed by atoms with Gasteiger partial charge >= 0.3 is 0 Å². The van der Waals surface area contributed by atoms with Gasteiger partial charge in [0.25, 0.3) is 0 Å². The number of nitrogens with zero attached hydrogens (tertiary/aromatic N) is 1. The molecule has 1 atom stereocenters. The van der Waals surface area contributed by atoms with Crippen LogP contribution in [0.5, 0.6) is 0 Å². The average molecular weight is 423 g/mol. The molecule has 1 heterocycles. The number of hydrogen-bond donors (Lipinski definition) is 1. The summed E-state index contributed by atoms with van der Waals surface area (Å²) in [5.41, 5.74) is 0.798. The fourth-order valence-corrected chi connectivity index (χ4v) is 4.53. The van der Waals surface area contributed by atoms with E-state index in [2.05, 4.69) is 5.32 Å². The van der Waals surface area contributed by atoms with Crippen molar-refractivity contribution in [2.24, 2.45) is 0 Å². The normalized spacial score (nSPS) is 17.0. The van der Waals surface area contributed by atoms with Crippen LogP contribution in [0.3, 0.4) is 0 Å². The maximum Gasteiger partial charge on any atom is 0.243 e. The largest absolute Gasteiger partial charge is 0.376 e. The molecule has 3 rings (SSSR count). The van der Waals surface area contributed by atoms with Gasteiger partial charge < -0.3 is 10.1 Å². The first-order chi connectivity index (χ1) is 13.4. The van der Waals surface area contributed by atoms with Crippen molar-refractivity contribution in [1.29, 1.82) is 0 Å². The second-order valence-corrected chi connectivity index (χ2v) is 9.03. The predicted octanol–water partition coefficient (Wildman–Crippen LogP) is 2.83. The molecule has 0 bridgehead atoms. The summed E-state index contributed by atoms with van der Waals surface area (Å²) in [6.07, 6.45) is 1.88. The van der Waals surface area contributed by atoms with E-state index >= 15 is 0 Å². The number of halogens is 1. The van der Waals surface area contributed by atoms with Gasteiger partial charge in [-0.15, -0.1) is 0 Å². The lowest BCUT2D eigenvalue weighted by Gasteiger charge is -2.22. The summed E-state index contributed by atoms with van der Waals surface area (Å²) in [4.78, 5) is 12.5. The molecule has 0 aliphatic carbocycles. The molecule has 1 saturated heterocycles. The Bertz CT molecular complexity index is 882. The van der Waals surface area contributed by atoms with Gasteiger partial charge in [0.2, 0.25) is 15.9 Å². The summed E-state index contributed by atoms with van der Waals surface area (Å²) < 4.78 is 32.9. The highest BCUT2D eigenvalue weighted by Crippen LogP contribution is 2.20. The minimum Gasteiger partial charge on any atom is -0.376 e. The van der Waals surface area contributed by atoms with Crippen LogP contribution in [0.2, 0.25) is 5.02 Å². The number of hydrogen-bond acceptors (Lipinski definition) is 4. The van der Waals surface area contributed by atoms with Gasteiger partial charge in [0, 0.05) is 24.7 Å². The first kappa shape index (κ1) is 20.8. The standard InChI is InChI=1S/C20H23ClN2O4S/c21-17-8-10-19(11-9-17)28(25,26)23(14-16-5-2-1-3-6-16)15-20(24)22-13-18-7-4-12-27-18/h1-3,5-6,8-11,18H,4,7,12-15H2,(H,22,24)/t18-/m0/s1. The molecule has 1 aliphatic heterocycles. The summed E-state index contributed by atoms with van der Waals surface area (Å²) in [5, 5.41) is 3.23. The molecule has 1 aliphatic rings. The minimum absolute atomic E-state index is 0.000560. The van der Waals surface area contributed by atoms with E-state index in [1.807, 2.05) is 30.3 Å². The molecule has 8 heteroatoms. The molecule has 6 nitrogen and oxygen atoms in total. The Balaban J connectivity index is 1.75. The van der Waals surface area contributed by atoms with E-state index in [0.717, 1.165) is 18.4 Å². The Morgan fingerprint density at radius 2 is 1.86 bits per heavy atom. The molecule has 0 saturated carbocycles. The van der Waals surface area contributed by atoms with Gasteiger partial charge in [-0.2, -0.15) is 4.31 Å². The summed E-state index contributed by atoms with van der Waals surface area (Å²) in [6.45, 7) is 0.913. The maximum atomic E-state index is 13.1. The van der Waals surface area contributed by atoms with Crippen molar-refractivity contribution in [2.45, 2.75) is 30.4 Å². The summed E-state index contributed by atoms with van der Waals surface area (Å²) in [5.74, 6) is -0.357. The molecule has 28 heavy (non-hydrogen) atoms. The van der Waals surface area contributed by atoms with Crippen LogP contribution >= 0.6 is 11.6 Å². The van der Waals surface area contributed by atoms with Crippen LogP contribution < -0.4 is 5.32 Å². The quantitative estimate of drug-likeness (QED) is 0.709. The second-order valence-electron chi connectivity index (χ2n) is 6.65. The van der Waals surface area contributed by atoms with E-state index in [1.54, 1.807) is 0 Å². The SMILES string of the molecule is O=C(CN(Cc1ccccc1)S(=O)(=O)c1ccc(Cl)cc1)NC[C@@H]1CCCO1. The van der Waals surface area contributed by atoms with Gasteiger partial charge in [0.15, 0.2) is 0 Å². The molecule has 1 fully saturated rings. The molecule has 150 valence electrons. The van der Waals surface area contributed by atoms with E-state index in [0.29, 0.717) is 18.2 Å². The Kier molecular flexibility index (Phi) is 7.07. The van der Waals surface area contributed by atoms with Gasteiger partial charge in [-0.3, -0.25) is 4.79 Å². The first-order valence-electron chi connectivity index (χ1n) is 9.13. The monoisotopic (exact) mass is 422 g/mol. The number of nitrogens with one attached hydrogen (secondary N) is 1. The fraction of sp³-hybridized carbons (Fsp3) is 0.350. The molecule has 2 aromatic rings. The van der Waals surface area contributed by atoms with E-state index < -0.39 is 10.0 Å². The van der Waals surface area contributed by atoms with Crippen LogP contribution in [0.25, 0.3) is 0 Å². The average Bonchev–Trinajstić information content (AvgIpc) is 3.21. The Morgan fingerprint density at radius 3 is 2.50 bits per heavy atom. The molecule has 0 radical (unpaired) electrons. The predicted molar refractivity (Wildman–Crippen MR) is 107 cm³/mol. The molecule has 0 spiro atoms. The van der Waals surface area contributed by atoms with Crippen LogP contribution in [-0.4, -0.2) is 44.4 Å². The van der Waals surface area contributed by atoms with Crippen LogP contribution in [0.1, 0.15) is 18.4 Å². The maximum absolute atomic E-state index is 13.1. The van der Waals surface area contributed by atoms with Crippen LogP contribution in [0, 0.1) is 0 Å². The lowest BCUT2D eigenvalue weighted by atomic mass is 10.2. The first-order valence-corrected chi connectivity index (χ1v) is 10.9. The molecular formula is C20H23ClN2O4S. The van der Waals surface area contributed by atoms with E-state index in [4.69, 9.17) is 16.3 Å². The Labute approximate surface area is 170 Å². The molecule has 0 aromatic heterocycles. The number of amides is 1. The number of carbonyl (C=O) groups excluding carboxylic acids is 1. The highest BCUT2D eigenvalue weighted by molar-refractivity contribution is 7.89. The van der Waals surface area contributed by atoms with Gasteiger partial charge in [-0.1, -0.05) is 41.9 Å². The van der Waals surface area contributed by atoms with E-state index in [-0.39, 0.29) is 30.0 Å². The summed E-state index contributed by atoms with van der Waals surface area (Å²) in [6, 6.07) is 15.1. The van der Waals surface area contributed by atoms with Crippen LogP contribution in [-0.2, 0) is 26.1 Å². The van der Waals surface area contributed by atoms with Crippen LogP contribution in [0.4, 0.5) is 0 Å². The highest BCUT2D eigenvalue weighted by Gasteiger charge is 2.27. The third-order valence-corrected chi connectivity index (χ3v) is 6.58. The van der Waals surface area contributed by atoms with Gasteiger partial charge in [0.05, 0.1) is 17.5 Å². The fourth-order valence-electron chi connectivity index (χ4n) is 3.02. The zero-order valence-electron chi connectivity index (χ0n) is 15.4. The van der Waals surface area contributed by atoms with Crippen molar-refractivity contribution in [1.82, 2.24) is 9.62 Å². The van der Waals surface area contributed by atoms with Crippen molar-refractivity contribution in [3.63, 3.8) is 0 Å². The smallest absolute Gasteiger partial charge is 0.243 e. The van der Waals surface area contributed by atoms with E-state index in [1.165, 1.54) is 28.6 Å². The Hall–Kier alpha value is -1.93. The highest BCUT2D eigenvalue weighted by atomic mass is 35.5. The number of benzene rings is 2. The zero-order valence-corrected chi connectivity index (χ0v) is 17.0. The number of ether oxygens (including phenoxy) is 1. The van der Waals surface area contributed by atoms with Gasteiger partial charge in [0.1, 0.15) is 0 Å². The van der Waals surface area contributed by atoms with Crippen molar-refractivity contribution in [3.05, 3.63) is 65.2 Å². The van der Waals surface area contributed by atoms with E-state index in [9.17, 15) is 13.2 Å². The molecular weight excluding hydrogens is 400 g/mol. The van der Waals surface area contributed by atoms with Gasteiger partial charge in [-0.05, 0) is 42.7 Å². The molecule has 1 N–H and O–H groups in total. The minimum atomic E-state index is -3.87. The van der Waals surface area contributed by atoms with Gasteiger partial charge in [-0.25, -0.2) is 8.42 Å². The summed E-state index contributed by atoms with van der Waals surface area (Å²) in [7, 11) is -3.87. The topological polar surface area (TPSA) is 75.7 Å². The zero-order chi connectivity index (χ0) is 20.0. The van der Waals surface area contributed by atoms with Crippen molar-refractivity contribution >= 4 is 27.5 Å². The van der Waals surface area contributed by atoms with Crippen molar-refractivity contribution in [3.8, 4) is 0 Å². The summed E-state index contributed by atoms with van der Waals surface area (Å²) >= 11 is 5.87. The lowest BCUT2D eigenvalue weighted by Crippen LogP contribution is -2.42. The molecule has 0 unspecified atom stereocenters. The van der Waals surface area contributed by atoms with Crippen molar-refractivity contribution < 1.29 is 17.9 Å². The second kappa shape index (κ2) is 9.52. The third-order valence-electron chi connectivity index (χ3n) is 4.52. The lowest BCUT2D eigenvalue weighted by molar-refractivity contribution is -0.121. The van der Waals surface area contributed by atoms with Crippen LogP contribution in [0.15, 0.2) is 59.5 Å². The number of carbonyl (C=O) groups is 1. The number of rotatable bonds is 8. The molecule has 1 amide bonds. The Morgan fingerprint density at radius 1 is 1.14 bits per heavy atom. The van der Waals surface area contributed by atoms with Crippen molar-refractivity contribution in [2.75, 3.05) is 19.7 Å². The number of sulfonamides is 1.